The van der Waals surface area contributed by atoms with Crippen molar-refractivity contribution in [2.75, 3.05) is 13.2 Å². The van der Waals surface area contributed by atoms with Crippen LogP contribution in [0.4, 0.5) is 30.7 Å². The van der Waals surface area contributed by atoms with E-state index in [2.05, 4.69) is 11.7 Å². The van der Waals surface area contributed by atoms with E-state index in [4.69, 9.17) is 9.47 Å². The van der Waals surface area contributed by atoms with Gasteiger partial charge in [0.2, 0.25) is 5.82 Å². The van der Waals surface area contributed by atoms with Crippen LogP contribution < -0.4 is 4.74 Å². The van der Waals surface area contributed by atoms with Gasteiger partial charge in [-0.3, -0.25) is 0 Å². The third kappa shape index (κ3) is 4.91. The summed E-state index contributed by atoms with van der Waals surface area (Å²) in [7, 11) is 0. The van der Waals surface area contributed by atoms with Gasteiger partial charge in [-0.2, -0.15) is 26.3 Å². The zero-order valence-electron chi connectivity index (χ0n) is 16.1. The van der Waals surface area contributed by atoms with Crippen molar-refractivity contribution in [1.29, 1.82) is 0 Å². The van der Waals surface area contributed by atoms with Crippen LogP contribution >= 0.6 is 0 Å². The van der Waals surface area contributed by atoms with Gasteiger partial charge in [0.25, 0.3) is 5.83 Å². The summed E-state index contributed by atoms with van der Waals surface area (Å²) < 4.78 is 107. The molecule has 0 bridgehead atoms. The predicted molar refractivity (Wildman–Crippen MR) is 91.5 cm³/mol. The number of rotatable bonds is 5. The van der Waals surface area contributed by atoms with Gasteiger partial charge in [0.05, 0.1) is 13.2 Å². The lowest BCUT2D eigenvalue weighted by molar-refractivity contribution is -0.216. The SMILES string of the molecule is CC1CCC(C2COC(c3ccc(OC(F)(F)C(F)=C(F)F)c(F)c3F)OC2)CC1. The maximum Gasteiger partial charge on any atom is 0.459 e. The normalized spacial score (nSPS) is 27.6. The van der Waals surface area contributed by atoms with Gasteiger partial charge in [0, 0.05) is 11.5 Å². The van der Waals surface area contributed by atoms with Crippen LogP contribution in [0.5, 0.6) is 5.75 Å². The van der Waals surface area contributed by atoms with Crippen LogP contribution in [0, 0.1) is 29.4 Å². The first-order valence-electron chi connectivity index (χ1n) is 9.59. The quantitative estimate of drug-likeness (QED) is 0.487. The molecule has 0 atom stereocenters. The summed E-state index contributed by atoms with van der Waals surface area (Å²) in [5.41, 5.74) is -0.397. The Morgan fingerprint density at radius 3 is 2.10 bits per heavy atom. The standard InChI is InChI=1S/C20H21F7O3/c1-10-2-4-11(5-3-10)12-8-28-19(29-9-12)13-6-7-14(16(22)15(13)21)30-20(26,27)17(23)18(24)25/h6-7,10-12,19H,2-5,8-9H2,1H3. The summed E-state index contributed by atoms with van der Waals surface area (Å²) in [6.45, 7) is 2.74. The fraction of sp³-hybridized carbons (Fsp3) is 0.600. The monoisotopic (exact) mass is 442 g/mol. The maximum absolute atomic E-state index is 14.4. The molecule has 1 heterocycles. The molecule has 1 aliphatic heterocycles. The molecule has 1 saturated carbocycles. The number of ether oxygens (including phenoxy) is 3. The molecule has 2 fully saturated rings. The lowest BCUT2D eigenvalue weighted by Crippen LogP contribution is -2.34. The molecule has 0 spiro atoms. The Labute approximate surface area is 168 Å². The molecule has 1 saturated heterocycles. The summed E-state index contributed by atoms with van der Waals surface area (Å²) in [6.07, 6.45) is -5.45. The highest BCUT2D eigenvalue weighted by Gasteiger charge is 2.43. The first kappa shape index (κ1) is 22.9. The highest BCUT2D eigenvalue weighted by Crippen LogP contribution is 2.39. The molecule has 1 aliphatic carbocycles. The van der Waals surface area contributed by atoms with Crippen LogP contribution in [0.15, 0.2) is 24.0 Å². The van der Waals surface area contributed by atoms with Gasteiger partial charge in [0.1, 0.15) is 0 Å². The Hall–Kier alpha value is -1.81. The molecule has 0 aromatic heterocycles. The van der Waals surface area contributed by atoms with E-state index in [9.17, 15) is 30.7 Å². The zero-order chi connectivity index (χ0) is 22.1. The first-order chi connectivity index (χ1) is 14.1. The van der Waals surface area contributed by atoms with Gasteiger partial charge in [-0.25, -0.2) is 4.39 Å². The van der Waals surface area contributed by atoms with Gasteiger partial charge in [-0.05, 0) is 36.8 Å². The Morgan fingerprint density at radius 1 is 0.933 bits per heavy atom. The van der Waals surface area contributed by atoms with E-state index in [-0.39, 0.29) is 19.1 Å². The molecule has 30 heavy (non-hydrogen) atoms. The molecule has 2 aliphatic rings. The van der Waals surface area contributed by atoms with Crippen LogP contribution in [-0.2, 0) is 9.47 Å². The van der Waals surface area contributed by atoms with Crippen molar-refractivity contribution in [2.45, 2.75) is 45.0 Å². The van der Waals surface area contributed by atoms with E-state index < -0.39 is 47.3 Å². The minimum Gasteiger partial charge on any atom is -0.424 e. The average molecular weight is 442 g/mol. The topological polar surface area (TPSA) is 27.7 Å². The van der Waals surface area contributed by atoms with Gasteiger partial charge >= 0.3 is 12.2 Å². The van der Waals surface area contributed by atoms with Crippen LogP contribution in [0.1, 0.15) is 44.5 Å². The van der Waals surface area contributed by atoms with E-state index in [0.29, 0.717) is 17.9 Å². The second kappa shape index (κ2) is 9.13. The fourth-order valence-corrected chi connectivity index (χ4v) is 3.83. The van der Waals surface area contributed by atoms with Gasteiger partial charge in [0.15, 0.2) is 17.9 Å². The fourth-order valence-electron chi connectivity index (χ4n) is 3.83. The molecular formula is C20H21F7O3. The Balaban J connectivity index is 1.67. The summed E-state index contributed by atoms with van der Waals surface area (Å²) in [5.74, 6) is -6.90. The molecule has 0 unspecified atom stereocenters. The second-order valence-electron chi connectivity index (χ2n) is 7.75. The summed E-state index contributed by atoms with van der Waals surface area (Å²) in [4.78, 5) is 0. The Morgan fingerprint density at radius 2 is 1.53 bits per heavy atom. The molecule has 1 aromatic rings. The molecule has 1 aromatic carbocycles. The molecule has 3 rings (SSSR count). The van der Waals surface area contributed by atoms with E-state index in [1.54, 1.807) is 0 Å². The summed E-state index contributed by atoms with van der Waals surface area (Å²) in [5, 5.41) is 0. The highest BCUT2D eigenvalue weighted by atomic mass is 19.3. The van der Waals surface area contributed by atoms with Gasteiger partial charge in [-0.1, -0.05) is 19.8 Å². The average Bonchev–Trinajstić information content (AvgIpc) is 2.71. The number of hydrogen-bond acceptors (Lipinski definition) is 3. The molecule has 0 radical (unpaired) electrons. The van der Waals surface area contributed by atoms with Crippen molar-refractivity contribution in [3.8, 4) is 5.75 Å². The van der Waals surface area contributed by atoms with Crippen LogP contribution in [0.3, 0.4) is 0 Å². The number of halogens is 7. The van der Waals surface area contributed by atoms with E-state index >= 15 is 0 Å². The molecular weight excluding hydrogens is 421 g/mol. The van der Waals surface area contributed by atoms with E-state index in [1.807, 2.05) is 0 Å². The smallest absolute Gasteiger partial charge is 0.424 e. The maximum atomic E-state index is 14.4. The third-order valence-electron chi connectivity index (χ3n) is 5.64. The lowest BCUT2D eigenvalue weighted by atomic mass is 9.76. The second-order valence-corrected chi connectivity index (χ2v) is 7.75. The van der Waals surface area contributed by atoms with Crippen molar-refractivity contribution in [1.82, 2.24) is 0 Å². The molecule has 168 valence electrons. The first-order valence-corrected chi connectivity index (χ1v) is 9.59. The summed E-state index contributed by atoms with van der Waals surface area (Å²) >= 11 is 0. The predicted octanol–water partition coefficient (Wildman–Crippen LogP) is 6.50. The third-order valence-corrected chi connectivity index (χ3v) is 5.64. The molecule has 10 heteroatoms. The molecule has 0 N–H and O–H groups in total. The van der Waals surface area contributed by atoms with Crippen LogP contribution in [-0.4, -0.2) is 19.3 Å². The number of benzene rings is 1. The highest BCUT2D eigenvalue weighted by molar-refractivity contribution is 5.32. The van der Waals surface area contributed by atoms with Crippen molar-refractivity contribution >= 4 is 0 Å². The lowest BCUT2D eigenvalue weighted by Gasteiger charge is -2.37. The summed E-state index contributed by atoms with van der Waals surface area (Å²) in [6, 6.07) is 1.44. The minimum atomic E-state index is -5.16. The minimum absolute atomic E-state index is 0.119. The van der Waals surface area contributed by atoms with Crippen LogP contribution in [0.25, 0.3) is 0 Å². The van der Waals surface area contributed by atoms with Crippen molar-refractivity contribution in [3.05, 3.63) is 41.2 Å². The van der Waals surface area contributed by atoms with Crippen molar-refractivity contribution in [2.24, 2.45) is 17.8 Å². The van der Waals surface area contributed by atoms with E-state index in [0.717, 1.165) is 31.7 Å². The largest absolute Gasteiger partial charge is 0.459 e. The zero-order valence-corrected chi connectivity index (χ0v) is 16.1. The Bertz CT molecular complexity index is 779. The number of hydrogen-bond donors (Lipinski definition) is 0. The molecule has 3 nitrogen and oxygen atoms in total. The van der Waals surface area contributed by atoms with E-state index in [1.165, 1.54) is 0 Å². The van der Waals surface area contributed by atoms with Gasteiger partial charge in [-0.15, -0.1) is 0 Å². The Kier molecular flexibility index (Phi) is 6.96. The molecule has 0 amide bonds. The van der Waals surface area contributed by atoms with Crippen molar-refractivity contribution in [3.63, 3.8) is 0 Å². The van der Waals surface area contributed by atoms with Crippen LogP contribution in [0.2, 0.25) is 0 Å². The van der Waals surface area contributed by atoms with Gasteiger partial charge < -0.3 is 14.2 Å². The van der Waals surface area contributed by atoms with Crippen molar-refractivity contribution < 1.29 is 44.9 Å². The number of alkyl halides is 2.